The van der Waals surface area contributed by atoms with E-state index in [1.54, 1.807) is 30.5 Å². The molecule has 0 radical (unpaired) electrons. The van der Waals surface area contributed by atoms with Crippen LogP contribution in [0.2, 0.25) is 0 Å². The summed E-state index contributed by atoms with van der Waals surface area (Å²) < 4.78 is 10.6. The van der Waals surface area contributed by atoms with Gasteiger partial charge in [0.05, 0.1) is 29.5 Å². The van der Waals surface area contributed by atoms with Crippen molar-refractivity contribution in [2.75, 3.05) is 18.2 Å². The van der Waals surface area contributed by atoms with Crippen LogP contribution in [0.1, 0.15) is 30.6 Å². The smallest absolute Gasteiger partial charge is 0.337 e. The maximum atomic E-state index is 12.5. The number of benzene rings is 1. The van der Waals surface area contributed by atoms with Gasteiger partial charge in [-0.1, -0.05) is 0 Å². The van der Waals surface area contributed by atoms with Gasteiger partial charge in [0.2, 0.25) is 0 Å². The summed E-state index contributed by atoms with van der Waals surface area (Å²) in [4.78, 5) is 43.8. The van der Waals surface area contributed by atoms with Gasteiger partial charge in [0.15, 0.2) is 12.2 Å². The average molecular weight is 485 g/mol. The highest BCUT2D eigenvalue weighted by Crippen LogP contribution is 2.32. The van der Waals surface area contributed by atoms with Crippen molar-refractivity contribution in [1.29, 1.82) is 0 Å². The topological polar surface area (TPSA) is 144 Å². The van der Waals surface area contributed by atoms with Crippen LogP contribution in [0, 0.1) is 0 Å². The Kier molecular flexibility index (Phi) is 7.90. The predicted octanol–water partition coefficient (Wildman–Crippen LogP) is 3.46. The fourth-order valence-corrected chi connectivity index (χ4v) is 4.05. The first-order valence-corrected chi connectivity index (χ1v) is 11.2. The molecule has 1 aromatic carbocycles. The predicted molar refractivity (Wildman–Crippen MR) is 126 cm³/mol. The second-order valence-electron chi connectivity index (χ2n) is 7.86. The number of carboxylic acids is 1. The van der Waals surface area contributed by atoms with Crippen LogP contribution in [0.3, 0.4) is 0 Å². The highest BCUT2D eigenvalue weighted by molar-refractivity contribution is 7.99. The lowest BCUT2D eigenvalue weighted by Gasteiger charge is -2.25. The number of ether oxygens (including phenoxy) is 1. The van der Waals surface area contributed by atoms with Crippen molar-refractivity contribution < 1.29 is 28.6 Å². The quantitative estimate of drug-likeness (QED) is 0.307. The van der Waals surface area contributed by atoms with Crippen molar-refractivity contribution in [1.82, 2.24) is 15.3 Å². The molecule has 10 nitrogen and oxygen atoms in total. The molecule has 34 heavy (non-hydrogen) atoms. The molecule has 0 bridgehead atoms. The Bertz CT molecular complexity index is 1160. The molecule has 0 unspecified atom stereocenters. The highest BCUT2D eigenvalue weighted by atomic mass is 32.2. The molecule has 3 aromatic rings. The molecule has 2 amide bonds. The van der Waals surface area contributed by atoms with Crippen molar-refractivity contribution in [2.24, 2.45) is 0 Å². The minimum Gasteiger partial charge on any atom is -0.496 e. The largest absolute Gasteiger partial charge is 0.496 e. The first-order valence-electron chi connectivity index (χ1n) is 10.2. The third kappa shape index (κ3) is 6.58. The van der Waals surface area contributed by atoms with Gasteiger partial charge < -0.3 is 24.9 Å². The van der Waals surface area contributed by atoms with Crippen LogP contribution >= 0.6 is 11.8 Å². The summed E-state index contributed by atoms with van der Waals surface area (Å²) >= 11 is 1.43. The van der Waals surface area contributed by atoms with E-state index < -0.39 is 23.3 Å². The molecule has 3 N–H and O–H groups in total. The Morgan fingerprint density at radius 3 is 2.56 bits per heavy atom. The molecule has 0 spiro atoms. The zero-order chi connectivity index (χ0) is 24.7. The van der Waals surface area contributed by atoms with Crippen molar-refractivity contribution >= 4 is 35.2 Å². The van der Waals surface area contributed by atoms with Gasteiger partial charge in [-0.05, 0) is 44.5 Å². The number of hydrogen-bond acceptors (Lipinski definition) is 8. The van der Waals surface area contributed by atoms with Crippen LogP contribution in [0.25, 0.3) is 11.3 Å². The summed E-state index contributed by atoms with van der Waals surface area (Å²) in [6.45, 7) is 3.63. The van der Waals surface area contributed by atoms with Gasteiger partial charge in [0, 0.05) is 29.2 Å². The van der Waals surface area contributed by atoms with Crippen molar-refractivity contribution in [3.63, 3.8) is 0 Å². The number of aromatic carboxylic acids is 1. The summed E-state index contributed by atoms with van der Waals surface area (Å²) in [5.41, 5.74) is 0.516. The lowest BCUT2D eigenvalue weighted by molar-refractivity contribution is -0.137. The molecule has 0 saturated carbocycles. The van der Waals surface area contributed by atoms with Crippen LogP contribution < -0.4 is 15.4 Å². The monoisotopic (exact) mass is 484 g/mol. The Labute approximate surface area is 200 Å². The number of methoxy groups -OCH3 is 1. The second kappa shape index (κ2) is 10.8. The van der Waals surface area contributed by atoms with Gasteiger partial charge >= 0.3 is 17.8 Å². The summed E-state index contributed by atoms with van der Waals surface area (Å²) in [6, 6.07) is 8.05. The Balaban J connectivity index is 1.52. The van der Waals surface area contributed by atoms with E-state index in [0.717, 1.165) is 0 Å². The van der Waals surface area contributed by atoms with Gasteiger partial charge in [-0.15, -0.1) is 11.8 Å². The van der Waals surface area contributed by atoms with E-state index >= 15 is 0 Å². The summed E-state index contributed by atoms with van der Waals surface area (Å²) in [5.74, 6) is -1.03. The van der Waals surface area contributed by atoms with Crippen LogP contribution in [0.5, 0.6) is 5.75 Å². The normalized spacial score (nSPS) is 11.0. The van der Waals surface area contributed by atoms with E-state index in [1.165, 1.54) is 37.5 Å². The first-order chi connectivity index (χ1) is 16.2. The number of anilines is 1. The lowest BCUT2D eigenvalue weighted by Crippen LogP contribution is -2.48. The summed E-state index contributed by atoms with van der Waals surface area (Å²) in [5, 5.41) is 14.9. The maximum absolute atomic E-state index is 12.5. The number of carboxylic acid groups (broad SMARTS) is 1. The SMILES string of the molecule is COc1cc(NC(=O)C(=O)NC(C)(C)CCSc2ccc(C(=O)O)cn2)ccc1-c1cnco1. The van der Waals surface area contributed by atoms with E-state index in [9.17, 15) is 14.4 Å². The zero-order valence-corrected chi connectivity index (χ0v) is 19.6. The molecule has 2 heterocycles. The third-order valence-electron chi connectivity index (χ3n) is 4.78. The molecule has 178 valence electrons. The number of carbonyl (C=O) groups excluding carboxylic acids is 2. The Morgan fingerprint density at radius 2 is 1.94 bits per heavy atom. The van der Waals surface area contributed by atoms with E-state index in [-0.39, 0.29) is 5.56 Å². The number of amides is 2. The van der Waals surface area contributed by atoms with Gasteiger partial charge in [-0.3, -0.25) is 9.59 Å². The van der Waals surface area contributed by atoms with Crippen molar-refractivity contribution in [3.8, 4) is 17.1 Å². The molecule has 2 aromatic heterocycles. The van der Waals surface area contributed by atoms with Crippen LogP contribution in [-0.2, 0) is 9.59 Å². The fraction of sp³-hybridized carbons (Fsp3) is 0.261. The molecule has 0 saturated heterocycles. The van der Waals surface area contributed by atoms with E-state index in [0.29, 0.717) is 40.0 Å². The number of rotatable bonds is 9. The van der Waals surface area contributed by atoms with E-state index in [4.69, 9.17) is 14.3 Å². The molecule has 0 fully saturated rings. The molecule has 0 aliphatic heterocycles. The summed E-state index contributed by atoms with van der Waals surface area (Å²) in [7, 11) is 1.49. The number of oxazole rings is 1. The number of nitrogens with zero attached hydrogens (tertiary/aromatic N) is 2. The number of aromatic nitrogens is 2. The highest BCUT2D eigenvalue weighted by Gasteiger charge is 2.25. The molecular formula is C23H24N4O6S. The van der Waals surface area contributed by atoms with E-state index in [2.05, 4.69) is 20.6 Å². The van der Waals surface area contributed by atoms with Gasteiger partial charge in [-0.2, -0.15) is 0 Å². The number of thioether (sulfide) groups is 1. The average Bonchev–Trinajstić information content (AvgIpc) is 3.33. The number of hydrogen-bond donors (Lipinski definition) is 3. The van der Waals surface area contributed by atoms with Crippen molar-refractivity contribution in [2.45, 2.75) is 30.8 Å². The minimum absolute atomic E-state index is 0.119. The molecule has 11 heteroatoms. The van der Waals surface area contributed by atoms with Crippen LogP contribution in [0.4, 0.5) is 5.69 Å². The Morgan fingerprint density at radius 1 is 1.15 bits per heavy atom. The molecule has 3 rings (SSSR count). The summed E-state index contributed by atoms with van der Waals surface area (Å²) in [6.07, 6.45) is 4.71. The number of nitrogens with one attached hydrogen (secondary N) is 2. The van der Waals surface area contributed by atoms with Gasteiger partial charge in [0.1, 0.15) is 5.75 Å². The number of carbonyl (C=O) groups is 3. The van der Waals surface area contributed by atoms with Gasteiger partial charge in [0.25, 0.3) is 0 Å². The maximum Gasteiger partial charge on any atom is 0.337 e. The standard InChI is InChI=1S/C23H24N4O6S/c1-23(2,8-9-34-19-7-4-14(11-25-19)22(30)31)27-21(29)20(28)26-15-5-6-16(17(10-15)32-3)18-12-24-13-33-18/h4-7,10-13H,8-9H2,1-3H3,(H,26,28)(H,27,29)(H,30,31). The van der Waals surface area contributed by atoms with E-state index in [1.807, 2.05) is 13.8 Å². The van der Waals surface area contributed by atoms with Crippen LogP contribution in [0.15, 0.2) is 58.6 Å². The second-order valence-corrected chi connectivity index (χ2v) is 8.98. The molecule has 0 aliphatic carbocycles. The lowest BCUT2D eigenvalue weighted by atomic mass is 10.0. The van der Waals surface area contributed by atoms with Crippen LogP contribution in [-0.4, -0.2) is 51.3 Å². The molecular weight excluding hydrogens is 460 g/mol. The third-order valence-corrected chi connectivity index (χ3v) is 5.72. The van der Waals surface area contributed by atoms with Crippen molar-refractivity contribution in [3.05, 3.63) is 54.7 Å². The molecule has 0 atom stereocenters. The fourth-order valence-electron chi connectivity index (χ4n) is 2.94. The molecule has 0 aliphatic rings. The zero-order valence-electron chi connectivity index (χ0n) is 18.8. The Hall–Kier alpha value is -3.86. The van der Waals surface area contributed by atoms with Gasteiger partial charge in [-0.25, -0.2) is 14.8 Å². The number of pyridine rings is 1. The first kappa shape index (κ1) is 24.8. The minimum atomic E-state index is -1.03.